The minimum atomic E-state index is -0.671. The van der Waals surface area contributed by atoms with Crippen LogP contribution in [-0.2, 0) is 10.2 Å². The summed E-state index contributed by atoms with van der Waals surface area (Å²) < 4.78 is 5.84. The molecule has 35 heavy (non-hydrogen) atoms. The zero-order chi connectivity index (χ0) is 24.7. The predicted molar refractivity (Wildman–Crippen MR) is 136 cm³/mol. The summed E-state index contributed by atoms with van der Waals surface area (Å²) in [5.41, 5.74) is 1.00. The van der Waals surface area contributed by atoms with Crippen molar-refractivity contribution in [3.05, 3.63) is 71.6 Å². The summed E-state index contributed by atoms with van der Waals surface area (Å²) in [6, 6.07) is 20.1. The average Bonchev–Trinajstić information content (AvgIpc) is 3.40. The van der Waals surface area contributed by atoms with E-state index in [0.717, 1.165) is 69.6 Å². The van der Waals surface area contributed by atoms with Crippen molar-refractivity contribution in [3.8, 4) is 11.8 Å². The zero-order valence-corrected chi connectivity index (χ0v) is 20.5. The molecule has 2 fully saturated rings. The number of likely N-dealkylation sites (tertiary alicyclic amines) is 2. The summed E-state index contributed by atoms with van der Waals surface area (Å²) >= 11 is 0. The van der Waals surface area contributed by atoms with Gasteiger partial charge in [-0.2, -0.15) is 5.26 Å². The van der Waals surface area contributed by atoms with Gasteiger partial charge in [-0.1, -0.05) is 42.5 Å². The van der Waals surface area contributed by atoms with E-state index in [2.05, 4.69) is 27.9 Å². The Hall–Kier alpha value is -3.35. The fourth-order valence-corrected chi connectivity index (χ4v) is 5.97. The Morgan fingerprint density at radius 1 is 1.11 bits per heavy atom. The van der Waals surface area contributed by atoms with Crippen LogP contribution in [0.4, 0.5) is 5.69 Å². The average molecular weight is 471 g/mol. The number of hydrogen-bond acceptors (Lipinski definition) is 4. The molecule has 4 rings (SSSR count). The van der Waals surface area contributed by atoms with Gasteiger partial charge in [0.25, 0.3) is 0 Å². The first kappa shape index (κ1) is 24.8. The summed E-state index contributed by atoms with van der Waals surface area (Å²) in [5.74, 6) is 1.09. The van der Waals surface area contributed by atoms with Crippen LogP contribution in [-0.4, -0.2) is 54.5 Å². The van der Waals surface area contributed by atoms with Gasteiger partial charge in [-0.3, -0.25) is 4.79 Å². The van der Waals surface area contributed by atoms with E-state index in [1.54, 1.807) is 19.1 Å². The maximum atomic E-state index is 12.4. The van der Waals surface area contributed by atoms with E-state index < -0.39 is 5.41 Å². The fraction of sp³-hybridized carbons (Fsp3) is 0.483. The molecule has 2 saturated heterocycles. The number of rotatable bonds is 8. The van der Waals surface area contributed by atoms with E-state index in [-0.39, 0.29) is 17.9 Å². The SMILES string of the molecule is [C-]#[N+]c1ccc(OCCCN2CCC(C(C#N)(c3ccccc3)[C@H]3CCCN3C(C)=O)CC2)cc1. The first-order chi connectivity index (χ1) is 17.1. The second kappa shape index (κ2) is 11.4. The maximum Gasteiger partial charge on any atom is 0.219 e. The smallest absolute Gasteiger partial charge is 0.219 e. The van der Waals surface area contributed by atoms with Crippen LogP contribution in [0.3, 0.4) is 0 Å². The van der Waals surface area contributed by atoms with Crippen molar-refractivity contribution >= 4 is 11.6 Å². The number of carbonyl (C=O) groups excluding carboxylic acids is 1. The third-order valence-electron chi connectivity index (χ3n) is 7.70. The Morgan fingerprint density at radius 3 is 2.46 bits per heavy atom. The van der Waals surface area contributed by atoms with Gasteiger partial charge in [-0.05, 0) is 68.8 Å². The molecule has 2 aromatic carbocycles. The highest BCUT2D eigenvalue weighted by atomic mass is 16.5. The molecule has 0 spiro atoms. The van der Waals surface area contributed by atoms with E-state index >= 15 is 0 Å². The van der Waals surface area contributed by atoms with Crippen LogP contribution in [0.15, 0.2) is 54.6 Å². The molecule has 0 radical (unpaired) electrons. The van der Waals surface area contributed by atoms with Crippen molar-refractivity contribution in [3.63, 3.8) is 0 Å². The standard InChI is InChI=1S/C29H34N4O2/c1-23(34)33-18-6-10-28(33)29(22-30,24-8-4-3-5-9-24)25-15-19-32(20-16-25)17-7-21-35-27-13-11-26(31-2)12-14-27/h3-5,8-9,11-14,25,28H,6-7,10,15-21H2,1H3/t28-,29?/m1/s1. The Balaban J connectivity index is 1.38. The number of amides is 1. The Labute approximate surface area is 208 Å². The summed E-state index contributed by atoms with van der Waals surface area (Å²) in [5, 5.41) is 10.7. The number of nitrogens with zero attached hydrogens (tertiary/aromatic N) is 4. The van der Waals surface area contributed by atoms with Gasteiger partial charge in [0.1, 0.15) is 11.2 Å². The monoisotopic (exact) mass is 470 g/mol. The van der Waals surface area contributed by atoms with Gasteiger partial charge >= 0.3 is 0 Å². The molecule has 2 aliphatic rings. The highest BCUT2D eigenvalue weighted by Gasteiger charge is 2.52. The van der Waals surface area contributed by atoms with Gasteiger partial charge in [0.05, 0.1) is 25.3 Å². The number of piperidine rings is 1. The molecular formula is C29H34N4O2. The fourth-order valence-electron chi connectivity index (χ4n) is 5.97. The lowest BCUT2D eigenvalue weighted by atomic mass is 9.62. The minimum Gasteiger partial charge on any atom is -0.494 e. The Bertz CT molecular complexity index is 1060. The molecule has 2 atom stereocenters. The molecule has 6 nitrogen and oxygen atoms in total. The number of hydrogen-bond donors (Lipinski definition) is 0. The molecule has 182 valence electrons. The normalized spacial score (nSPS) is 20.5. The second-order valence-electron chi connectivity index (χ2n) is 9.64. The van der Waals surface area contributed by atoms with Crippen LogP contribution in [0, 0.1) is 23.8 Å². The highest BCUT2D eigenvalue weighted by molar-refractivity contribution is 5.74. The van der Waals surface area contributed by atoms with Crippen molar-refractivity contribution in [2.75, 3.05) is 32.8 Å². The van der Waals surface area contributed by atoms with Gasteiger partial charge in [-0.25, -0.2) is 4.85 Å². The highest BCUT2D eigenvalue weighted by Crippen LogP contribution is 2.46. The van der Waals surface area contributed by atoms with Crippen LogP contribution >= 0.6 is 0 Å². The van der Waals surface area contributed by atoms with Crippen molar-refractivity contribution in [1.82, 2.24) is 9.80 Å². The van der Waals surface area contributed by atoms with Gasteiger partial charge in [0.15, 0.2) is 5.69 Å². The number of benzene rings is 2. The molecule has 0 aromatic heterocycles. The Kier molecular flexibility index (Phi) is 8.06. The summed E-state index contributed by atoms with van der Waals surface area (Å²) in [7, 11) is 0. The van der Waals surface area contributed by atoms with Gasteiger partial charge < -0.3 is 14.5 Å². The second-order valence-corrected chi connectivity index (χ2v) is 9.64. The van der Waals surface area contributed by atoms with Crippen LogP contribution in [0.25, 0.3) is 4.85 Å². The van der Waals surface area contributed by atoms with Crippen LogP contribution in [0.1, 0.15) is 44.6 Å². The first-order valence-electron chi connectivity index (χ1n) is 12.6. The third kappa shape index (κ3) is 5.34. The predicted octanol–water partition coefficient (Wildman–Crippen LogP) is 5.19. The number of carbonyl (C=O) groups is 1. The Morgan fingerprint density at radius 2 is 1.83 bits per heavy atom. The zero-order valence-electron chi connectivity index (χ0n) is 20.5. The van der Waals surface area contributed by atoms with Gasteiger partial charge in [-0.15, -0.1) is 0 Å². The molecule has 0 aliphatic carbocycles. The minimum absolute atomic E-state index is 0.0633. The van der Waals surface area contributed by atoms with Crippen LogP contribution in [0.5, 0.6) is 5.75 Å². The summed E-state index contributed by atoms with van der Waals surface area (Å²) in [4.78, 5) is 20.3. The molecule has 0 bridgehead atoms. The quantitative estimate of drug-likeness (QED) is 0.393. The lowest BCUT2D eigenvalue weighted by molar-refractivity contribution is -0.131. The third-order valence-corrected chi connectivity index (χ3v) is 7.70. The largest absolute Gasteiger partial charge is 0.494 e. The van der Waals surface area contributed by atoms with Crippen molar-refractivity contribution < 1.29 is 9.53 Å². The topological polar surface area (TPSA) is 60.9 Å². The molecule has 2 heterocycles. The lowest BCUT2D eigenvalue weighted by Crippen LogP contribution is -2.54. The van der Waals surface area contributed by atoms with Crippen LogP contribution in [0.2, 0.25) is 0 Å². The van der Waals surface area contributed by atoms with Crippen LogP contribution < -0.4 is 4.74 Å². The van der Waals surface area contributed by atoms with E-state index in [9.17, 15) is 10.1 Å². The van der Waals surface area contributed by atoms with Crippen molar-refractivity contribution in [1.29, 1.82) is 5.26 Å². The van der Waals surface area contributed by atoms with E-state index in [1.165, 1.54) is 0 Å². The molecule has 6 heteroatoms. The molecule has 0 saturated carbocycles. The van der Waals surface area contributed by atoms with E-state index in [4.69, 9.17) is 11.3 Å². The van der Waals surface area contributed by atoms with Gasteiger partial charge in [0, 0.05) is 20.0 Å². The molecule has 1 unspecified atom stereocenters. The van der Waals surface area contributed by atoms with E-state index in [1.807, 2.05) is 35.2 Å². The number of ether oxygens (including phenoxy) is 1. The van der Waals surface area contributed by atoms with E-state index in [0.29, 0.717) is 12.3 Å². The molecule has 2 aliphatic heterocycles. The summed E-state index contributed by atoms with van der Waals surface area (Å²) in [6.07, 6.45) is 4.67. The summed E-state index contributed by atoms with van der Waals surface area (Å²) in [6.45, 7) is 12.9. The molecular weight excluding hydrogens is 436 g/mol. The lowest BCUT2D eigenvalue weighted by Gasteiger charge is -2.46. The number of nitriles is 1. The molecule has 1 amide bonds. The molecule has 0 N–H and O–H groups in total. The maximum absolute atomic E-state index is 12.4. The van der Waals surface area contributed by atoms with Crippen molar-refractivity contribution in [2.24, 2.45) is 5.92 Å². The van der Waals surface area contributed by atoms with Crippen molar-refractivity contribution in [2.45, 2.75) is 50.5 Å². The molecule has 2 aromatic rings. The first-order valence-corrected chi connectivity index (χ1v) is 12.6. The van der Waals surface area contributed by atoms with Gasteiger partial charge in [0.2, 0.25) is 5.91 Å².